The van der Waals surface area contributed by atoms with Crippen molar-refractivity contribution in [2.24, 2.45) is 0 Å². The van der Waals surface area contributed by atoms with Crippen LogP contribution in [-0.2, 0) is 9.63 Å². The lowest BCUT2D eigenvalue weighted by atomic mass is 9.79. The molecule has 4 N–H and O–H groups in total. The van der Waals surface area contributed by atoms with E-state index >= 15 is 0 Å². The maximum Gasteiger partial charge on any atom is 0.217 e. The van der Waals surface area contributed by atoms with Crippen LogP contribution in [-0.4, -0.2) is 71.6 Å². The predicted octanol–water partition coefficient (Wildman–Crippen LogP) is 3.08. The van der Waals surface area contributed by atoms with Gasteiger partial charge in [-0.3, -0.25) is 9.63 Å². The second kappa shape index (κ2) is 15.1. The van der Waals surface area contributed by atoms with E-state index in [-0.39, 0.29) is 29.6 Å². The summed E-state index contributed by atoms with van der Waals surface area (Å²) in [4.78, 5) is 17.2. The quantitative estimate of drug-likeness (QED) is 0.472. The number of hydrogen-bond donors (Lipinski definition) is 4. The molecule has 0 bridgehead atoms. The number of rotatable bonds is 8. The van der Waals surface area contributed by atoms with E-state index in [9.17, 15) is 9.90 Å². The smallest absolute Gasteiger partial charge is 0.217 e. The molecule has 0 radical (unpaired) electrons. The Bertz CT molecular complexity index is 420. The molecule has 0 spiro atoms. The standard InChI is InChI=1S/C15H30N2O3.2C4H11N/c1-11(18)16-12-8-13(2,3)17(14(4,5)9-12)20-10-15(6,7)19;2*1-3-5-4-2/h12,19H,8-10H2,1-7H3,(H,16,18);2*5H,3-4H2,1-2H3. The van der Waals surface area contributed by atoms with Gasteiger partial charge in [-0.15, -0.1) is 0 Å². The lowest BCUT2D eigenvalue weighted by Gasteiger charge is -2.54. The number of aliphatic hydroxyl groups is 1. The molecule has 1 rings (SSSR count). The summed E-state index contributed by atoms with van der Waals surface area (Å²) in [7, 11) is 0. The van der Waals surface area contributed by atoms with Crippen molar-refractivity contribution in [1.82, 2.24) is 21.0 Å². The molecule has 0 aliphatic carbocycles. The molecule has 0 atom stereocenters. The van der Waals surface area contributed by atoms with Crippen molar-refractivity contribution in [3.63, 3.8) is 0 Å². The van der Waals surface area contributed by atoms with Gasteiger partial charge in [-0.2, -0.15) is 5.06 Å². The number of hydroxylamine groups is 2. The SMILES string of the molecule is CC(=O)NC1CC(C)(C)N(OCC(C)(C)O)C(C)(C)C1.CCNCC.CCNCC. The van der Waals surface area contributed by atoms with Crippen LogP contribution in [0.3, 0.4) is 0 Å². The molecule has 0 saturated carbocycles. The molecule has 1 heterocycles. The first-order valence-electron chi connectivity index (χ1n) is 11.5. The van der Waals surface area contributed by atoms with Crippen LogP contribution in [0.25, 0.3) is 0 Å². The number of carbonyl (C=O) groups is 1. The van der Waals surface area contributed by atoms with Gasteiger partial charge in [0.1, 0.15) is 0 Å². The van der Waals surface area contributed by atoms with Gasteiger partial charge in [-0.1, -0.05) is 27.7 Å². The van der Waals surface area contributed by atoms with Crippen molar-refractivity contribution in [3.8, 4) is 0 Å². The third-order valence-corrected chi connectivity index (χ3v) is 4.55. The van der Waals surface area contributed by atoms with Crippen LogP contribution in [0.2, 0.25) is 0 Å². The van der Waals surface area contributed by atoms with Gasteiger partial charge in [0, 0.05) is 24.0 Å². The lowest BCUT2D eigenvalue weighted by Crippen LogP contribution is -2.64. The van der Waals surface area contributed by atoms with Crippen LogP contribution in [0.1, 0.15) is 89.0 Å². The molecule has 7 nitrogen and oxygen atoms in total. The molecule has 1 amide bonds. The summed E-state index contributed by atoms with van der Waals surface area (Å²) in [5.41, 5.74) is -1.28. The van der Waals surface area contributed by atoms with E-state index in [0.717, 1.165) is 39.0 Å². The average molecular weight is 433 g/mol. The van der Waals surface area contributed by atoms with E-state index < -0.39 is 5.60 Å². The number of nitrogens with zero attached hydrogens (tertiary/aromatic N) is 1. The fourth-order valence-corrected chi connectivity index (χ4v) is 3.72. The highest BCUT2D eigenvalue weighted by Crippen LogP contribution is 2.38. The summed E-state index contributed by atoms with van der Waals surface area (Å²) in [6, 6.07) is 0.152. The minimum Gasteiger partial charge on any atom is -0.388 e. The molecular weight excluding hydrogens is 380 g/mol. The van der Waals surface area contributed by atoms with Crippen molar-refractivity contribution in [3.05, 3.63) is 0 Å². The summed E-state index contributed by atoms with van der Waals surface area (Å²) in [6.45, 7) is 26.5. The molecule has 1 aliphatic rings. The minimum absolute atomic E-state index is 0.00691. The Morgan fingerprint density at radius 2 is 1.33 bits per heavy atom. The van der Waals surface area contributed by atoms with Gasteiger partial charge in [0.05, 0.1) is 12.2 Å². The average Bonchev–Trinajstić information content (AvgIpc) is 2.53. The fourth-order valence-electron chi connectivity index (χ4n) is 3.72. The number of piperidine rings is 1. The Labute approximate surface area is 186 Å². The van der Waals surface area contributed by atoms with Gasteiger partial charge in [0.15, 0.2) is 0 Å². The monoisotopic (exact) mass is 432 g/mol. The largest absolute Gasteiger partial charge is 0.388 e. The van der Waals surface area contributed by atoms with E-state index in [4.69, 9.17) is 4.84 Å². The molecule has 0 aromatic heterocycles. The van der Waals surface area contributed by atoms with Crippen LogP contribution in [0.4, 0.5) is 0 Å². The van der Waals surface area contributed by atoms with Gasteiger partial charge in [0.2, 0.25) is 5.91 Å². The van der Waals surface area contributed by atoms with Gasteiger partial charge in [-0.25, -0.2) is 0 Å². The Balaban J connectivity index is 0. The third-order valence-electron chi connectivity index (χ3n) is 4.55. The molecular formula is C23H52N4O3. The van der Waals surface area contributed by atoms with Gasteiger partial charge in [-0.05, 0) is 80.6 Å². The maximum absolute atomic E-state index is 11.3. The molecule has 1 aliphatic heterocycles. The Morgan fingerprint density at radius 1 is 0.967 bits per heavy atom. The zero-order valence-corrected chi connectivity index (χ0v) is 21.7. The lowest BCUT2D eigenvalue weighted by molar-refractivity contribution is -0.299. The fraction of sp³-hybridized carbons (Fsp3) is 0.957. The van der Waals surface area contributed by atoms with E-state index in [1.807, 2.05) is 5.06 Å². The van der Waals surface area contributed by atoms with Crippen molar-refractivity contribution in [2.45, 2.75) is 112 Å². The molecule has 0 aromatic carbocycles. The number of amides is 1. The first-order valence-corrected chi connectivity index (χ1v) is 11.5. The summed E-state index contributed by atoms with van der Waals surface area (Å²) in [5.74, 6) is 0.00691. The normalized spacial score (nSPS) is 18.5. The first-order chi connectivity index (χ1) is 13.7. The molecule has 182 valence electrons. The van der Waals surface area contributed by atoms with Crippen molar-refractivity contribution in [1.29, 1.82) is 0 Å². The summed E-state index contributed by atoms with van der Waals surface area (Å²) in [5, 5.41) is 21.1. The predicted molar refractivity (Wildman–Crippen MR) is 128 cm³/mol. The van der Waals surface area contributed by atoms with E-state index in [1.165, 1.54) is 0 Å². The molecule has 1 fully saturated rings. The van der Waals surface area contributed by atoms with Crippen LogP contribution in [0, 0.1) is 0 Å². The van der Waals surface area contributed by atoms with E-state index in [1.54, 1.807) is 20.8 Å². The van der Waals surface area contributed by atoms with Crippen LogP contribution in [0.15, 0.2) is 0 Å². The summed E-state index contributed by atoms with van der Waals surface area (Å²) >= 11 is 0. The minimum atomic E-state index is -0.860. The van der Waals surface area contributed by atoms with Crippen LogP contribution in [0.5, 0.6) is 0 Å². The van der Waals surface area contributed by atoms with Gasteiger partial charge in [0.25, 0.3) is 0 Å². The van der Waals surface area contributed by atoms with Crippen LogP contribution >= 0.6 is 0 Å². The van der Waals surface area contributed by atoms with E-state index in [0.29, 0.717) is 0 Å². The highest BCUT2D eigenvalue weighted by Gasteiger charge is 2.47. The topological polar surface area (TPSA) is 85.9 Å². The summed E-state index contributed by atoms with van der Waals surface area (Å²) in [6.07, 6.45) is 1.64. The second-order valence-electron chi connectivity index (χ2n) is 9.73. The number of hydrogen-bond acceptors (Lipinski definition) is 6. The maximum atomic E-state index is 11.3. The van der Waals surface area contributed by atoms with Crippen molar-refractivity contribution in [2.75, 3.05) is 32.8 Å². The molecule has 7 heteroatoms. The molecule has 1 saturated heterocycles. The van der Waals surface area contributed by atoms with Gasteiger partial charge < -0.3 is 21.1 Å². The zero-order valence-electron chi connectivity index (χ0n) is 21.7. The third kappa shape index (κ3) is 15.1. The Kier molecular flexibility index (Phi) is 15.9. The van der Waals surface area contributed by atoms with Crippen molar-refractivity contribution >= 4 is 5.91 Å². The Morgan fingerprint density at radius 3 is 1.57 bits per heavy atom. The first kappa shape index (κ1) is 31.5. The van der Waals surface area contributed by atoms with Gasteiger partial charge >= 0.3 is 0 Å². The second-order valence-corrected chi connectivity index (χ2v) is 9.73. The highest BCUT2D eigenvalue weighted by molar-refractivity contribution is 5.73. The molecule has 0 unspecified atom stereocenters. The molecule has 30 heavy (non-hydrogen) atoms. The number of carbonyl (C=O) groups excluding carboxylic acids is 1. The summed E-state index contributed by atoms with van der Waals surface area (Å²) < 4.78 is 0. The van der Waals surface area contributed by atoms with Crippen LogP contribution < -0.4 is 16.0 Å². The van der Waals surface area contributed by atoms with E-state index in [2.05, 4.69) is 71.3 Å². The highest BCUT2D eigenvalue weighted by atomic mass is 16.7. The van der Waals surface area contributed by atoms with Crippen molar-refractivity contribution < 1.29 is 14.7 Å². The Hall–Kier alpha value is -0.730. The molecule has 0 aromatic rings. The zero-order chi connectivity index (χ0) is 24.0. The number of nitrogens with one attached hydrogen (secondary N) is 3.